The number of benzene rings is 2. The predicted molar refractivity (Wildman–Crippen MR) is 108 cm³/mol. The number of carbonyl (C=O) groups is 1. The maximum atomic E-state index is 11.8. The van der Waals surface area contributed by atoms with E-state index in [2.05, 4.69) is 55.6 Å². The number of carbonyl (C=O) groups excluding carboxylic acids is 1. The quantitative estimate of drug-likeness (QED) is 0.664. The number of hydrogen-bond acceptors (Lipinski definition) is 3. The highest BCUT2D eigenvalue weighted by Crippen LogP contribution is 2.15. The molecule has 24 heavy (non-hydrogen) atoms. The summed E-state index contributed by atoms with van der Waals surface area (Å²) in [5, 5.41) is 3.00. The van der Waals surface area contributed by atoms with E-state index in [9.17, 15) is 4.79 Å². The Labute approximate surface area is 153 Å². The van der Waals surface area contributed by atoms with Gasteiger partial charge in [0.25, 0.3) is 0 Å². The van der Waals surface area contributed by atoms with Crippen molar-refractivity contribution < 1.29 is 4.79 Å². The van der Waals surface area contributed by atoms with E-state index in [0.717, 1.165) is 23.8 Å². The van der Waals surface area contributed by atoms with Gasteiger partial charge in [0.05, 0.1) is 5.75 Å². The lowest BCUT2D eigenvalue weighted by Gasteiger charge is -2.07. The second-order valence-corrected chi connectivity index (χ2v) is 7.90. The Morgan fingerprint density at radius 3 is 2.46 bits per heavy atom. The molecule has 0 fully saturated rings. The van der Waals surface area contributed by atoms with Gasteiger partial charge in [0, 0.05) is 23.8 Å². The highest BCUT2D eigenvalue weighted by molar-refractivity contribution is 7.99. The Kier molecular flexibility index (Phi) is 8.26. The van der Waals surface area contributed by atoms with Crippen molar-refractivity contribution in [3.8, 4) is 0 Å². The number of rotatable bonds is 9. The maximum Gasteiger partial charge on any atom is 0.230 e. The van der Waals surface area contributed by atoms with E-state index in [1.54, 1.807) is 11.8 Å². The van der Waals surface area contributed by atoms with Gasteiger partial charge < -0.3 is 5.32 Å². The van der Waals surface area contributed by atoms with Crippen LogP contribution >= 0.6 is 23.5 Å². The first kappa shape index (κ1) is 18.9. The molecule has 2 rings (SSSR count). The summed E-state index contributed by atoms with van der Waals surface area (Å²) in [5.74, 6) is 3.49. The second-order valence-electron chi connectivity index (χ2n) is 5.81. The molecule has 0 atom stereocenters. The van der Waals surface area contributed by atoms with Crippen molar-refractivity contribution in [2.45, 2.75) is 25.4 Å². The topological polar surface area (TPSA) is 29.1 Å². The molecule has 0 heterocycles. The number of nitrogens with one attached hydrogen (secondary N) is 1. The molecule has 0 radical (unpaired) electrons. The average Bonchev–Trinajstić information content (AvgIpc) is 2.58. The van der Waals surface area contributed by atoms with Gasteiger partial charge in [-0.2, -0.15) is 11.8 Å². The minimum Gasteiger partial charge on any atom is -0.355 e. The lowest BCUT2D eigenvalue weighted by molar-refractivity contribution is -0.118. The van der Waals surface area contributed by atoms with Gasteiger partial charge in [0.15, 0.2) is 0 Å². The molecule has 0 saturated carbocycles. The SMILES string of the molecule is Cc1ccc(CSCCNC(=O)CSCc2ccccc2C)cc1. The van der Waals surface area contributed by atoms with Crippen LogP contribution in [0.5, 0.6) is 0 Å². The largest absolute Gasteiger partial charge is 0.355 e. The normalized spacial score (nSPS) is 10.6. The van der Waals surface area contributed by atoms with Crippen molar-refractivity contribution in [2.24, 2.45) is 0 Å². The summed E-state index contributed by atoms with van der Waals surface area (Å²) in [6, 6.07) is 17.0. The van der Waals surface area contributed by atoms with Gasteiger partial charge in [-0.1, -0.05) is 54.1 Å². The zero-order chi connectivity index (χ0) is 17.2. The molecule has 0 aliphatic rings. The van der Waals surface area contributed by atoms with Crippen LogP contribution in [0.25, 0.3) is 0 Å². The van der Waals surface area contributed by atoms with Crippen LogP contribution in [-0.4, -0.2) is 24.0 Å². The van der Waals surface area contributed by atoms with Crippen LogP contribution in [0.4, 0.5) is 0 Å². The fourth-order valence-corrected chi connectivity index (χ4v) is 3.97. The fraction of sp³-hybridized carbons (Fsp3) is 0.350. The van der Waals surface area contributed by atoms with Gasteiger partial charge >= 0.3 is 0 Å². The molecule has 0 aromatic heterocycles. The van der Waals surface area contributed by atoms with Crippen molar-refractivity contribution in [1.29, 1.82) is 0 Å². The number of aryl methyl sites for hydroxylation is 2. The molecular weight excluding hydrogens is 334 g/mol. The molecule has 1 amide bonds. The molecule has 1 N–H and O–H groups in total. The smallest absolute Gasteiger partial charge is 0.230 e. The van der Waals surface area contributed by atoms with Gasteiger partial charge in [-0.05, 0) is 30.5 Å². The molecule has 0 saturated heterocycles. The molecule has 0 spiro atoms. The average molecular weight is 360 g/mol. The predicted octanol–water partition coefficient (Wildman–Crippen LogP) is 4.59. The van der Waals surface area contributed by atoms with Crippen LogP contribution in [0.1, 0.15) is 22.3 Å². The summed E-state index contributed by atoms with van der Waals surface area (Å²) in [7, 11) is 0. The van der Waals surface area contributed by atoms with Gasteiger partial charge in [0.1, 0.15) is 0 Å². The molecule has 0 aliphatic carbocycles. The minimum absolute atomic E-state index is 0.129. The van der Waals surface area contributed by atoms with E-state index < -0.39 is 0 Å². The third kappa shape index (κ3) is 7.02. The lowest BCUT2D eigenvalue weighted by Crippen LogP contribution is -2.27. The molecular formula is C20H25NOS2. The number of amides is 1. The van der Waals surface area contributed by atoms with Crippen LogP contribution in [0, 0.1) is 13.8 Å². The first-order valence-corrected chi connectivity index (χ1v) is 10.5. The highest BCUT2D eigenvalue weighted by atomic mass is 32.2. The molecule has 0 aliphatic heterocycles. The van der Waals surface area contributed by atoms with E-state index in [0.29, 0.717) is 5.75 Å². The van der Waals surface area contributed by atoms with Gasteiger partial charge in [-0.15, -0.1) is 11.8 Å². The van der Waals surface area contributed by atoms with Crippen molar-refractivity contribution in [3.63, 3.8) is 0 Å². The summed E-state index contributed by atoms with van der Waals surface area (Å²) in [5.41, 5.74) is 5.23. The Balaban J connectivity index is 1.53. The molecule has 2 aromatic rings. The number of hydrogen-bond donors (Lipinski definition) is 1. The second kappa shape index (κ2) is 10.5. The van der Waals surface area contributed by atoms with E-state index in [1.807, 2.05) is 23.9 Å². The highest BCUT2D eigenvalue weighted by Gasteiger charge is 2.03. The van der Waals surface area contributed by atoms with Gasteiger partial charge in [-0.3, -0.25) is 4.79 Å². The van der Waals surface area contributed by atoms with Crippen LogP contribution in [-0.2, 0) is 16.3 Å². The summed E-state index contributed by atoms with van der Waals surface area (Å²) >= 11 is 3.53. The van der Waals surface area contributed by atoms with E-state index in [1.165, 1.54) is 22.3 Å². The van der Waals surface area contributed by atoms with Crippen molar-refractivity contribution in [1.82, 2.24) is 5.32 Å². The van der Waals surface area contributed by atoms with Crippen LogP contribution in [0.3, 0.4) is 0 Å². The summed E-state index contributed by atoms with van der Waals surface area (Å²) in [6.07, 6.45) is 0. The Hall–Kier alpha value is -1.39. The van der Waals surface area contributed by atoms with Crippen LogP contribution in [0.2, 0.25) is 0 Å². The van der Waals surface area contributed by atoms with Gasteiger partial charge in [0.2, 0.25) is 5.91 Å². The Morgan fingerprint density at radius 1 is 0.958 bits per heavy atom. The van der Waals surface area contributed by atoms with Crippen molar-refractivity contribution in [2.75, 3.05) is 18.1 Å². The molecule has 0 unspecified atom stereocenters. The Morgan fingerprint density at radius 2 is 1.71 bits per heavy atom. The van der Waals surface area contributed by atoms with Crippen molar-refractivity contribution >= 4 is 29.4 Å². The van der Waals surface area contributed by atoms with E-state index in [-0.39, 0.29) is 5.91 Å². The monoisotopic (exact) mass is 359 g/mol. The molecule has 128 valence electrons. The molecule has 0 bridgehead atoms. The minimum atomic E-state index is 0.129. The Bertz CT molecular complexity index is 640. The standard InChI is InChI=1S/C20H25NOS2/c1-16-7-9-18(10-8-16)13-23-12-11-21-20(22)15-24-14-19-6-4-3-5-17(19)2/h3-10H,11-15H2,1-2H3,(H,21,22). The first-order valence-electron chi connectivity index (χ1n) is 8.17. The molecule has 4 heteroatoms. The maximum absolute atomic E-state index is 11.8. The third-order valence-electron chi connectivity index (χ3n) is 3.71. The van der Waals surface area contributed by atoms with Gasteiger partial charge in [-0.25, -0.2) is 0 Å². The zero-order valence-electron chi connectivity index (χ0n) is 14.4. The third-order valence-corrected chi connectivity index (χ3v) is 5.72. The van der Waals surface area contributed by atoms with E-state index >= 15 is 0 Å². The molecule has 2 aromatic carbocycles. The summed E-state index contributed by atoms with van der Waals surface area (Å²) in [4.78, 5) is 11.8. The van der Waals surface area contributed by atoms with Crippen molar-refractivity contribution in [3.05, 3.63) is 70.8 Å². The summed E-state index contributed by atoms with van der Waals surface area (Å²) < 4.78 is 0. The summed E-state index contributed by atoms with van der Waals surface area (Å²) in [6.45, 7) is 4.95. The zero-order valence-corrected chi connectivity index (χ0v) is 16.0. The number of thioether (sulfide) groups is 2. The lowest BCUT2D eigenvalue weighted by atomic mass is 10.1. The van der Waals surface area contributed by atoms with Crippen LogP contribution in [0.15, 0.2) is 48.5 Å². The first-order chi connectivity index (χ1) is 11.6. The molecule has 2 nitrogen and oxygen atoms in total. The van der Waals surface area contributed by atoms with E-state index in [4.69, 9.17) is 0 Å². The fourth-order valence-electron chi connectivity index (χ4n) is 2.21. The van der Waals surface area contributed by atoms with Crippen LogP contribution < -0.4 is 5.32 Å².